The molecule has 1 aliphatic heterocycles. The highest BCUT2D eigenvalue weighted by molar-refractivity contribution is 9.10. The van der Waals surface area contributed by atoms with Gasteiger partial charge in [-0.25, -0.2) is 9.79 Å². The van der Waals surface area contributed by atoms with E-state index in [1.165, 1.54) is 11.8 Å². The molecule has 0 bridgehead atoms. The molecular weight excluding hydrogens is 496 g/mol. The topological polar surface area (TPSA) is 88.4 Å². The number of nitrogens with zero attached hydrogens (tertiary/aromatic N) is 2. The van der Waals surface area contributed by atoms with Gasteiger partial charge in [-0.05, 0) is 90.4 Å². The van der Waals surface area contributed by atoms with Crippen molar-refractivity contribution >= 4 is 56.5 Å². The average Bonchev–Trinajstić information content (AvgIpc) is 3.06. The summed E-state index contributed by atoms with van der Waals surface area (Å²) in [5, 5.41) is 10.6. The molecule has 0 atom stereocenters. The number of rotatable bonds is 7. The van der Waals surface area contributed by atoms with E-state index in [1.807, 2.05) is 13.8 Å². The van der Waals surface area contributed by atoms with Gasteiger partial charge in [0, 0.05) is 6.54 Å². The fourth-order valence-corrected chi connectivity index (χ4v) is 4.51. The van der Waals surface area contributed by atoms with Gasteiger partial charge in [-0.15, -0.1) is 0 Å². The fraction of sp³-hybridized carbons (Fsp3) is 0.261. The van der Waals surface area contributed by atoms with Gasteiger partial charge in [0.05, 0.1) is 33.8 Å². The van der Waals surface area contributed by atoms with Gasteiger partial charge in [-0.2, -0.15) is 0 Å². The number of esters is 1. The molecule has 0 radical (unpaired) electrons. The molecule has 2 aromatic carbocycles. The Balaban J connectivity index is 1.93. The number of aliphatic imine (C=N–C) groups is 1. The van der Waals surface area contributed by atoms with E-state index in [0.717, 1.165) is 0 Å². The zero-order valence-electron chi connectivity index (χ0n) is 17.9. The lowest BCUT2D eigenvalue weighted by atomic mass is 10.2. The predicted molar refractivity (Wildman–Crippen MR) is 129 cm³/mol. The van der Waals surface area contributed by atoms with Gasteiger partial charge in [0.25, 0.3) is 5.91 Å². The van der Waals surface area contributed by atoms with Gasteiger partial charge in [0.1, 0.15) is 0 Å². The number of amidine groups is 1. The maximum atomic E-state index is 13.0. The zero-order valence-corrected chi connectivity index (χ0v) is 20.3. The van der Waals surface area contributed by atoms with Crippen LogP contribution in [0.4, 0.5) is 5.69 Å². The number of benzene rings is 2. The Morgan fingerprint density at radius 3 is 2.69 bits per heavy atom. The Bertz CT molecular complexity index is 1100. The molecule has 0 aliphatic carbocycles. The summed E-state index contributed by atoms with van der Waals surface area (Å²) >= 11 is 4.57. The summed E-state index contributed by atoms with van der Waals surface area (Å²) in [5.41, 5.74) is 1.66. The van der Waals surface area contributed by atoms with Gasteiger partial charge in [-0.1, -0.05) is 6.07 Å². The standard InChI is InChI=1S/C23H23BrN2O5S/c1-4-26-21(28)19(12-14-10-17(24)20(27)18(11-14)30-5-2)32-23(26)25-16-9-7-8-15(13-16)22(29)31-6-3/h7-13,27H,4-6H2,1-3H3. The smallest absolute Gasteiger partial charge is 0.338 e. The second-order valence-corrected chi connectivity index (χ2v) is 8.47. The summed E-state index contributed by atoms with van der Waals surface area (Å²) < 4.78 is 11.0. The number of thioether (sulfide) groups is 1. The maximum absolute atomic E-state index is 13.0. The first-order chi connectivity index (χ1) is 15.4. The van der Waals surface area contributed by atoms with Gasteiger partial charge in [0.2, 0.25) is 0 Å². The highest BCUT2D eigenvalue weighted by Crippen LogP contribution is 2.38. The summed E-state index contributed by atoms with van der Waals surface area (Å²) in [5.74, 6) is -0.236. The minimum Gasteiger partial charge on any atom is -0.503 e. The van der Waals surface area contributed by atoms with Crippen LogP contribution in [0.5, 0.6) is 11.5 Å². The maximum Gasteiger partial charge on any atom is 0.338 e. The van der Waals surface area contributed by atoms with Crippen molar-refractivity contribution in [2.75, 3.05) is 19.8 Å². The second-order valence-electron chi connectivity index (χ2n) is 6.61. The molecule has 0 aromatic heterocycles. The van der Waals surface area contributed by atoms with Crippen LogP contribution in [-0.2, 0) is 9.53 Å². The minimum atomic E-state index is -0.416. The fourth-order valence-electron chi connectivity index (χ4n) is 2.99. The number of hydrogen-bond donors (Lipinski definition) is 1. The summed E-state index contributed by atoms with van der Waals surface area (Å²) in [6.07, 6.45) is 1.74. The van der Waals surface area contributed by atoms with E-state index in [-0.39, 0.29) is 18.3 Å². The van der Waals surface area contributed by atoms with Crippen LogP contribution in [-0.4, -0.2) is 46.8 Å². The van der Waals surface area contributed by atoms with E-state index in [9.17, 15) is 14.7 Å². The molecule has 7 nitrogen and oxygen atoms in total. The molecule has 3 rings (SSSR count). The van der Waals surface area contributed by atoms with Crippen LogP contribution in [0.15, 0.2) is 50.8 Å². The van der Waals surface area contributed by atoms with Gasteiger partial charge in [0.15, 0.2) is 16.7 Å². The number of aromatic hydroxyl groups is 1. The lowest BCUT2D eigenvalue weighted by Crippen LogP contribution is -2.28. The van der Waals surface area contributed by atoms with Crippen molar-refractivity contribution in [3.05, 3.63) is 56.9 Å². The van der Waals surface area contributed by atoms with Crippen LogP contribution < -0.4 is 4.74 Å². The summed E-state index contributed by atoms with van der Waals surface area (Å²) in [6.45, 7) is 6.59. The molecule has 1 aliphatic rings. The van der Waals surface area contributed by atoms with Crippen LogP contribution in [0, 0.1) is 0 Å². The van der Waals surface area contributed by atoms with E-state index in [0.29, 0.717) is 50.3 Å². The zero-order chi connectivity index (χ0) is 23.3. The highest BCUT2D eigenvalue weighted by atomic mass is 79.9. The van der Waals surface area contributed by atoms with Gasteiger partial charge in [-0.3, -0.25) is 9.69 Å². The molecule has 0 unspecified atom stereocenters. The summed E-state index contributed by atoms with van der Waals surface area (Å²) in [6, 6.07) is 10.2. The monoisotopic (exact) mass is 518 g/mol. The third-order valence-corrected chi connectivity index (χ3v) is 6.05. The number of ether oxygens (including phenoxy) is 2. The Morgan fingerprint density at radius 1 is 1.22 bits per heavy atom. The Kier molecular flexibility index (Phi) is 7.98. The molecule has 32 heavy (non-hydrogen) atoms. The molecule has 1 N–H and O–H groups in total. The number of halogens is 1. The average molecular weight is 519 g/mol. The van der Waals surface area contributed by atoms with Crippen molar-refractivity contribution in [2.24, 2.45) is 4.99 Å². The third-order valence-electron chi connectivity index (χ3n) is 4.43. The van der Waals surface area contributed by atoms with Crippen LogP contribution >= 0.6 is 27.7 Å². The van der Waals surface area contributed by atoms with Crippen molar-refractivity contribution in [3.8, 4) is 11.5 Å². The van der Waals surface area contributed by atoms with Crippen molar-refractivity contribution < 1.29 is 24.2 Å². The number of carbonyl (C=O) groups is 2. The molecule has 9 heteroatoms. The highest BCUT2D eigenvalue weighted by Gasteiger charge is 2.32. The first-order valence-electron chi connectivity index (χ1n) is 10.1. The Labute approximate surface area is 199 Å². The van der Waals surface area contributed by atoms with Crippen molar-refractivity contribution in [3.63, 3.8) is 0 Å². The first kappa shape index (κ1) is 23.9. The molecule has 1 saturated heterocycles. The van der Waals surface area contributed by atoms with Crippen LogP contribution in [0.2, 0.25) is 0 Å². The number of phenolic OH excluding ortho intramolecular Hbond substituents is 1. The van der Waals surface area contributed by atoms with Crippen molar-refractivity contribution in [1.29, 1.82) is 0 Å². The normalized spacial score (nSPS) is 16.1. The van der Waals surface area contributed by atoms with E-state index in [4.69, 9.17) is 9.47 Å². The van der Waals surface area contributed by atoms with Gasteiger partial charge < -0.3 is 14.6 Å². The quantitative estimate of drug-likeness (QED) is 0.392. The number of hydrogen-bond acceptors (Lipinski definition) is 7. The second kappa shape index (κ2) is 10.7. The molecular formula is C23H23BrN2O5S. The number of carbonyl (C=O) groups excluding carboxylic acids is 2. The summed E-state index contributed by atoms with van der Waals surface area (Å²) in [4.78, 5) is 31.6. The van der Waals surface area contributed by atoms with Crippen molar-refractivity contribution in [1.82, 2.24) is 4.90 Å². The SMILES string of the molecule is CCOC(=O)c1cccc(N=C2SC(=Cc3cc(Br)c(O)c(OCC)c3)C(=O)N2CC)c1. The van der Waals surface area contributed by atoms with E-state index in [2.05, 4.69) is 20.9 Å². The van der Waals surface area contributed by atoms with E-state index >= 15 is 0 Å². The molecule has 2 aromatic rings. The first-order valence-corrected chi connectivity index (χ1v) is 11.7. The molecule has 168 valence electrons. The predicted octanol–water partition coefficient (Wildman–Crippen LogP) is 5.35. The lowest BCUT2D eigenvalue weighted by molar-refractivity contribution is -0.122. The van der Waals surface area contributed by atoms with Gasteiger partial charge >= 0.3 is 5.97 Å². The summed E-state index contributed by atoms with van der Waals surface area (Å²) in [7, 11) is 0. The lowest BCUT2D eigenvalue weighted by Gasteiger charge is -2.12. The largest absolute Gasteiger partial charge is 0.503 e. The third kappa shape index (κ3) is 5.34. The number of amides is 1. The van der Waals surface area contributed by atoms with Crippen LogP contribution in [0.25, 0.3) is 6.08 Å². The number of likely N-dealkylation sites (N-methyl/N-ethyl adjacent to an activating group) is 1. The van der Waals surface area contributed by atoms with E-state index in [1.54, 1.807) is 54.3 Å². The number of phenols is 1. The molecule has 0 saturated carbocycles. The Hall–Kier alpha value is -2.78. The molecule has 1 fully saturated rings. The molecule has 0 spiro atoms. The molecule has 1 heterocycles. The van der Waals surface area contributed by atoms with E-state index < -0.39 is 5.97 Å². The van der Waals surface area contributed by atoms with Crippen LogP contribution in [0.3, 0.4) is 0 Å². The molecule has 1 amide bonds. The Morgan fingerprint density at radius 2 is 2.00 bits per heavy atom. The minimum absolute atomic E-state index is 0.0123. The van der Waals surface area contributed by atoms with Crippen molar-refractivity contribution in [2.45, 2.75) is 20.8 Å². The van der Waals surface area contributed by atoms with Crippen LogP contribution in [0.1, 0.15) is 36.7 Å².